The molecule has 0 aliphatic heterocycles. The number of hydrogen-bond acceptors (Lipinski definition) is 3. The molecule has 3 rings (SSSR count). The monoisotopic (exact) mass is 443 g/mol. The van der Waals surface area contributed by atoms with Crippen LogP contribution in [0.3, 0.4) is 0 Å². The van der Waals surface area contributed by atoms with E-state index in [1.165, 1.54) is 19.2 Å². The fourth-order valence-electron chi connectivity index (χ4n) is 3.27. The number of amides is 1. The van der Waals surface area contributed by atoms with Gasteiger partial charge < -0.3 is 15.2 Å². The van der Waals surface area contributed by atoms with Crippen LogP contribution >= 0.6 is 0 Å². The molecule has 0 spiro atoms. The Bertz CT molecular complexity index is 1110. The summed E-state index contributed by atoms with van der Waals surface area (Å²) in [6.07, 6.45) is -5.61. The van der Waals surface area contributed by atoms with Crippen molar-refractivity contribution in [1.29, 1.82) is 0 Å². The zero-order chi connectivity index (χ0) is 23.3. The normalized spacial score (nSPS) is 11.1. The predicted octanol–water partition coefficient (Wildman–Crippen LogP) is 4.94. The summed E-state index contributed by atoms with van der Waals surface area (Å²) in [5, 5.41) is 11.7. The lowest BCUT2D eigenvalue weighted by Crippen LogP contribution is -2.17. The van der Waals surface area contributed by atoms with Crippen LogP contribution in [0.5, 0.6) is 5.75 Å². The van der Waals surface area contributed by atoms with E-state index in [-0.39, 0.29) is 18.1 Å². The van der Waals surface area contributed by atoms with Crippen LogP contribution in [0.15, 0.2) is 66.7 Å². The number of benzene rings is 3. The summed E-state index contributed by atoms with van der Waals surface area (Å²) in [4.78, 5) is 22.9. The van der Waals surface area contributed by atoms with Gasteiger partial charge in [0.1, 0.15) is 17.9 Å². The largest absolute Gasteiger partial charge is 0.488 e. The SMILES string of the molecule is CNC(=O)c1ccc(COc2cc(-c3ccccc3)cc(CC(=O)O)c2C(F)(F)F)cc1. The van der Waals surface area contributed by atoms with Gasteiger partial charge in [0.25, 0.3) is 5.91 Å². The second kappa shape index (κ2) is 9.55. The third kappa shape index (κ3) is 5.46. The fraction of sp³-hybridized carbons (Fsp3) is 0.167. The standard InChI is InChI=1S/C24H20F3NO4/c1-28-23(31)17-9-7-15(8-10-17)14-32-20-12-18(16-5-3-2-4-6-16)11-19(13-21(29)30)22(20)24(25,26)27/h2-12H,13-14H2,1H3,(H,28,31)(H,29,30). The summed E-state index contributed by atoms with van der Waals surface area (Å²) < 4.78 is 47.2. The Morgan fingerprint density at radius 1 is 0.969 bits per heavy atom. The van der Waals surface area contributed by atoms with Gasteiger partial charge in [-0.15, -0.1) is 0 Å². The summed E-state index contributed by atoms with van der Waals surface area (Å²) >= 11 is 0. The van der Waals surface area contributed by atoms with E-state index in [0.717, 1.165) is 0 Å². The van der Waals surface area contributed by atoms with E-state index >= 15 is 0 Å². The third-order valence-corrected chi connectivity index (χ3v) is 4.75. The highest BCUT2D eigenvalue weighted by Crippen LogP contribution is 2.42. The lowest BCUT2D eigenvalue weighted by molar-refractivity contribution is -0.140. The third-order valence-electron chi connectivity index (χ3n) is 4.75. The molecular weight excluding hydrogens is 423 g/mol. The molecule has 0 heterocycles. The van der Waals surface area contributed by atoms with E-state index in [0.29, 0.717) is 22.3 Å². The number of aliphatic carboxylic acids is 1. The average Bonchev–Trinajstić information content (AvgIpc) is 2.76. The first kappa shape index (κ1) is 22.9. The van der Waals surface area contributed by atoms with Gasteiger partial charge in [-0.2, -0.15) is 13.2 Å². The lowest BCUT2D eigenvalue weighted by atomic mass is 9.96. The van der Waals surface area contributed by atoms with E-state index in [4.69, 9.17) is 9.84 Å². The molecule has 0 aromatic heterocycles. The van der Waals surface area contributed by atoms with Gasteiger partial charge in [0.2, 0.25) is 0 Å². The van der Waals surface area contributed by atoms with E-state index in [1.807, 2.05) is 0 Å². The predicted molar refractivity (Wildman–Crippen MR) is 112 cm³/mol. The van der Waals surface area contributed by atoms with Crippen LogP contribution in [0, 0.1) is 0 Å². The molecule has 0 atom stereocenters. The Hall–Kier alpha value is -3.81. The van der Waals surface area contributed by atoms with Crippen molar-refractivity contribution in [2.75, 3.05) is 7.05 Å². The van der Waals surface area contributed by atoms with Gasteiger partial charge in [0.05, 0.1) is 6.42 Å². The van der Waals surface area contributed by atoms with Crippen LogP contribution in [0.25, 0.3) is 11.1 Å². The molecule has 0 fully saturated rings. The quantitative estimate of drug-likeness (QED) is 0.543. The van der Waals surface area contributed by atoms with E-state index in [2.05, 4.69) is 5.32 Å². The lowest BCUT2D eigenvalue weighted by Gasteiger charge is -2.19. The molecule has 8 heteroatoms. The van der Waals surface area contributed by atoms with Crippen molar-refractivity contribution >= 4 is 11.9 Å². The highest BCUT2D eigenvalue weighted by molar-refractivity contribution is 5.93. The van der Waals surface area contributed by atoms with Crippen LogP contribution in [0.2, 0.25) is 0 Å². The Labute approximate surface area is 182 Å². The summed E-state index contributed by atoms with van der Waals surface area (Å²) in [6.45, 7) is -0.193. The second-order valence-electron chi connectivity index (χ2n) is 7.01. The molecule has 166 valence electrons. The average molecular weight is 443 g/mol. The first-order valence-corrected chi connectivity index (χ1v) is 9.64. The summed E-state index contributed by atoms with van der Waals surface area (Å²) in [6, 6.07) is 17.4. The van der Waals surface area contributed by atoms with Gasteiger partial charge in [-0.1, -0.05) is 42.5 Å². The van der Waals surface area contributed by atoms with Crippen LogP contribution in [0.4, 0.5) is 13.2 Å². The molecular formula is C24H20F3NO4. The Kier molecular flexibility index (Phi) is 6.82. The smallest absolute Gasteiger partial charge is 0.420 e. The molecule has 0 radical (unpaired) electrons. The molecule has 3 aromatic rings. The number of hydrogen-bond donors (Lipinski definition) is 2. The van der Waals surface area contributed by atoms with Crippen molar-refractivity contribution in [2.45, 2.75) is 19.2 Å². The number of carbonyl (C=O) groups is 2. The van der Waals surface area contributed by atoms with E-state index < -0.39 is 29.9 Å². The maximum absolute atomic E-state index is 13.9. The van der Waals surface area contributed by atoms with Gasteiger partial charge in [-0.25, -0.2) is 0 Å². The van der Waals surface area contributed by atoms with E-state index in [1.54, 1.807) is 54.6 Å². The Balaban J connectivity index is 2.01. The number of carbonyl (C=O) groups excluding carboxylic acids is 1. The van der Waals surface area contributed by atoms with Gasteiger partial charge in [-0.05, 0) is 46.5 Å². The molecule has 2 N–H and O–H groups in total. The molecule has 0 unspecified atom stereocenters. The van der Waals surface area contributed by atoms with Crippen LogP contribution in [-0.4, -0.2) is 24.0 Å². The zero-order valence-corrected chi connectivity index (χ0v) is 17.1. The maximum atomic E-state index is 13.9. The number of ether oxygens (including phenoxy) is 1. The molecule has 1 amide bonds. The number of carboxylic acids is 1. The highest BCUT2D eigenvalue weighted by Gasteiger charge is 2.38. The number of carboxylic acid groups (broad SMARTS) is 1. The van der Waals surface area contributed by atoms with Crippen LogP contribution < -0.4 is 10.1 Å². The Morgan fingerprint density at radius 2 is 1.62 bits per heavy atom. The minimum absolute atomic E-state index is 0.193. The van der Waals surface area contributed by atoms with Crippen molar-refractivity contribution < 1.29 is 32.6 Å². The summed E-state index contributed by atoms with van der Waals surface area (Å²) in [7, 11) is 1.49. The molecule has 32 heavy (non-hydrogen) atoms. The molecule has 5 nitrogen and oxygen atoms in total. The Morgan fingerprint density at radius 3 is 2.19 bits per heavy atom. The molecule has 0 aliphatic carbocycles. The number of nitrogens with one attached hydrogen (secondary N) is 1. The van der Waals surface area contributed by atoms with Gasteiger partial charge in [-0.3, -0.25) is 9.59 Å². The van der Waals surface area contributed by atoms with Gasteiger partial charge >= 0.3 is 12.1 Å². The molecule has 3 aromatic carbocycles. The van der Waals surface area contributed by atoms with Crippen molar-refractivity contribution in [2.24, 2.45) is 0 Å². The summed E-state index contributed by atoms with van der Waals surface area (Å²) in [5.41, 5.74) is 0.517. The van der Waals surface area contributed by atoms with Crippen molar-refractivity contribution in [3.8, 4) is 16.9 Å². The minimum Gasteiger partial charge on any atom is -0.488 e. The first-order valence-electron chi connectivity index (χ1n) is 9.64. The molecule has 0 aliphatic rings. The van der Waals surface area contributed by atoms with Gasteiger partial charge in [0, 0.05) is 12.6 Å². The number of halogens is 3. The van der Waals surface area contributed by atoms with Crippen LogP contribution in [0.1, 0.15) is 27.0 Å². The molecule has 0 bridgehead atoms. The highest BCUT2D eigenvalue weighted by atomic mass is 19.4. The number of rotatable bonds is 7. The van der Waals surface area contributed by atoms with E-state index in [9.17, 15) is 22.8 Å². The van der Waals surface area contributed by atoms with Crippen LogP contribution in [-0.2, 0) is 24.0 Å². The van der Waals surface area contributed by atoms with Gasteiger partial charge in [0.15, 0.2) is 0 Å². The van der Waals surface area contributed by atoms with Crippen molar-refractivity contribution in [3.05, 3.63) is 89.0 Å². The zero-order valence-electron chi connectivity index (χ0n) is 17.1. The molecule has 0 saturated heterocycles. The number of alkyl halides is 3. The van der Waals surface area contributed by atoms with Crippen molar-refractivity contribution in [3.63, 3.8) is 0 Å². The maximum Gasteiger partial charge on any atom is 0.420 e. The summed E-state index contributed by atoms with van der Waals surface area (Å²) in [5.74, 6) is -2.12. The minimum atomic E-state index is -4.81. The molecule has 0 saturated carbocycles. The topological polar surface area (TPSA) is 75.6 Å². The first-order chi connectivity index (χ1) is 15.2. The fourth-order valence-corrected chi connectivity index (χ4v) is 3.27. The van der Waals surface area contributed by atoms with Crippen molar-refractivity contribution in [1.82, 2.24) is 5.32 Å². The second-order valence-corrected chi connectivity index (χ2v) is 7.01.